The van der Waals surface area contributed by atoms with Crippen molar-refractivity contribution in [1.29, 1.82) is 0 Å². The van der Waals surface area contributed by atoms with Crippen molar-refractivity contribution >= 4 is 17.7 Å². The highest BCUT2D eigenvalue weighted by molar-refractivity contribution is 5.98. The smallest absolute Gasteiger partial charge is 0.339 e. The predicted molar refractivity (Wildman–Crippen MR) is 143 cm³/mol. The number of cyclic esters (lactones) is 2. The average molecular weight is 579 g/mol. The van der Waals surface area contributed by atoms with Crippen LogP contribution in [0.4, 0.5) is 0 Å². The summed E-state index contributed by atoms with van der Waals surface area (Å²) >= 11 is 0. The van der Waals surface area contributed by atoms with Crippen molar-refractivity contribution in [1.82, 2.24) is 0 Å². The number of esters is 2. The Morgan fingerprint density at radius 3 is 2.48 bits per heavy atom. The lowest BCUT2D eigenvalue weighted by atomic mass is 9.29. The zero-order chi connectivity index (χ0) is 29.1. The maximum Gasteiger partial charge on any atom is 0.339 e. The number of furan rings is 1. The van der Waals surface area contributed by atoms with Gasteiger partial charge in [-0.25, -0.2) is 4.79 Å². The van der Waals surface area contributed by atoms with Crippen LogP contribution < -0.4 is 0 Å². The molecule has 1 aromatic rings. The van der Waals surface area contributed by atoms with E-state index in [0.29, 0.717) is 12.8 Å². The van der Waals surface area contributed by atoms with Gasteiger partial charge >= 0.3 is 11.9 Å². The van der Waals surface area contributed by atoms with E-state index in [4.69, 9.17) is 23.4 Å². The van der Waals surface area contributed by atoms with E-state index in [2.05, 4.69) is 19.1 Å². The second-order valence-corrected chi connectivity index (χ2v) is 15.1. The summed E-state index contributed by atoms with van der Waals surface area (Å²) in [6.07, 6.45) is 9.82. The maximum atomic E-state index is 15.3. The average Bonchev–Trinajstić information content (AvgIpc) is 3.47. The number of allylic oxidation sites excluding steroid dienone is 1. The monoisotopic (exact) mass is 578 g/mol. The fraction of sp³-hybridized carbons (Fsp3) is 0.727. The van der Waals surface area contributed by atoms with E-state index < -0.39 is 68.7 Å². The molecule has 9 nitrogen and oxygen atoms in total. The van der Waals surface area contributed by atoms with Crippen molar-refractivity contribution < 1.29 is 42.9 Å². The molecule has 0 aromatic carbocycles. The molecule has 9 heteroatoms. The minimum atomic E-state index is -1.40. The summed E-state index contributed by atoms with van der Waals surface area (Å²) in [5.41, 5.74) is -6.02. The Morgan fingerprint density at radius 2 is 1.74 bits per heavy atom. The molecule has 3 saturated carbocycles. The van der Waals surface area contributed by atoms with Crippen LogP contribution in [0, 0.1) is 33.0 Å². The lowest BCUT2D eigenvalue weighted by Gasteiger charge is -2.72. The number of fused-ring (bicyclic) bond motifs is 1. The van der Waals surface area contributed by atoms with Crippen molar-refractivity contribution in [2.75, 3.05) is 6.61 Å². The second-order valence-electron chi connectivity index (χ2n) is 15.1. The van der Waals surface area contributed by atoms with Gasteiger partial charge in [0.1, 0.15) is 24.4 Å². The van der Waals surface area contributed by atoms with Crippen LogP contribution in [0.15, 0.2) is 35.2 Å². The Kier molecular flexibility index (Phi) is 4.58. The number of hydrogen-bond donors (Lipinski definition) is 1. The summed E-state index contributed by atoms with van der Waals surface area (Å²) in [6, 6.07) is 1.82. The summed E-state index contributed by atoms with van der Waals surface area (Å²) in [5.74, 6) is -1.40. The van der Waals surface area contributed by atoms with E-state index >= 15 is 4.79 Å². The quantitative estimate of drug-likeness (QED) is 0.299. The molecule has 4 aliphatic heterocycles. The predicted octanol–water partition coefficient (Wildman–Crippen LogP) is 3.98. The zero-order valence-electron chi connectivity index (χ0n) is 24.4. The first-order valence-electron chi connectivity index (χ1n) is 15.7. The van der Waals surface area contributed by atoms with Gasteiger partial charge in [-0.05, 0) is 56.9 Å². The molecule has 5 heterocycles. The van der Waals surface area contributed by atoms with Crippen LogP contribution in [0.3, 0.4) is 0 Å². The molecule has 5 aliphatic carbocycles. The number of epoxide rings is 1. The van der Waals surface area contributed by atoms with Crippen LogP contribution in [-0.2, 0) is 33.3 Å². The van der Waals surface area contributed by atoms with Gasteiger partial charge in [-0.1, -0.05) is 38.3 Å². The Balaban J connectivity index is 1.39. The van der Waals surface area contributed by atoms with Gasteiger partial charge in [-0.3, -0.25) is 9.59 Å². The number of aliphatic hydroxyl groups excluding tert-OH is 1. The van der Waals surface area contributed by atoms with Gasteiger partial charge in [0.2, 0.25) is 0 Å². The third-order valence-corrected chi connectivity index (χ3v) is 13.9. The lowest BCUT2D eigenvalue weighted by Crippen LogP contribution is -2.82. The summed E-state index contributed by atoms with van der Waals surface area (Å²) in [4.78, 5) is 41.9. The third kappa shape index (κ3) is 2.27. The number of carbonyl (C=O) groups is 3. The van der Waals surface area contributed by atoms with Crippen molar-refractivity contribution in [2.45, 2.75) is 108 Å². The van der Waals surface area contributed by atoms with Gasteiger partial charge in [0.25, 0.3) is 0 Å². The van der Waals surface area contributed by atoms with Gasteiger partial charge in [-0.2, -0.15) is 0 Å². The number of aliphatic hydroxyl groups is 1. The van der Waals surface area contributed by atoms with Crippen LogP contribution in [-0.4, -0.2) is 58.9 Å². The first kappa shape index (κ1) is 26.0. The van der Waals surface area contributed by atoms with Crippen molar-refractivity contribution in [2.24, 2.45) is 33.0 Å². The number of rotatable bonds is 1. The van der Waals surface area contributed by atoms with E-state index in [1.54, 1.807) is 12.5 Å². The Morgan fingerprint density at radius 1 is 0.952 bits per heavy atom. The Labute approximate surface area is 244 Å². The topological polar surface area (TPSA) is 125 Å². The minimum Gasteiger partial charge on any atom is -0.472 e. The van der Waals surface area contributed by atoms with Crippen LogP contribution in [0.5, 0.6) is 0 Å². The van der Waals surface area contributed by atoms with E-state index in [1.807, 2.05) is 19.9 Å². The summed E-state index contributed by atoms with van der Waals surface area (Å²) < 4.78 is 31.1. The molecule has 42 heavy (non-hydrogen) atoms. The minimum absolute atomic E-state index is 0.0400. The van der Waals surface area contributed by atoms with Gasteiger partial charge < -0.3 is 28.5 Å². The lowest BCUT2D eigenvalue weighted by molar-refractivity contribution is -0.292. The third-order valence-electron chi connectivity index (χ3n) is 13.9. The highest BCUT2D eigenvalue weighted by atomic mass is 16.7. The molecule has 224 valence electrons. The van der Waals surface area contributed by atoms with Gasteiger partial charge in [0.15, 0.2) is 11.9 Å². The van der Waals surface area contributed by atoms with Crippen molar-refractivity contribution in [3.63, 3.8) is 0 Å². The van der Waals surface area contributed by atoms with Crippen molar-refractivity contribution in [3.8, 4) is 0 Å². The molecule has 10 rings (SSSR count). The van der Waals surface area contributed by atoms with E-state index in [9.17, 15) is 14.7 Å². The molecule has 1 N–H and O–H groups in total. The summed E-state index contributed by atoms with van der Waals surface area (Å²) in [7, 11) is 0. The Bertz CT molecular complexity index is 1460. The first-order valence-corrected chi connectivity index (χ1v) is 15.7. The SMILES string of the molecule is CC1(C)O[C@H]2CC(=O)OC[C@]23C2CC[C@@]4(C)[C@H](c5ccoc5)OC(=O)[C@H]5O[C@@]54[C@]24[C@H](O)C(=O)[C@@]13C=CC41CCCCC1. The summed E-state index contributed by atoms with van der Waals surface area (Å²) in [6.45, 7) is 6.00. The number of Topliss-reactive ketones (excluding diaryl/α,β-unsaturated/α-hetero) is 1. The van der Waals surface area contributed by atoms with Crippen molar-refractivity contribution in [3.05, 3.63) is 36.3 Å². The first-order chi connectivity index (χ1) is 20.0. The molecule has 2 bridgehead atoms. The molecule has 5 spiro atoms. The van der Waals surface area contributed by atoms with Gasteiger partial charge in [0, 0.05) is 16.4 Å². The molecular formula is C33H38O9. The van der Waals surface area contributed by atoms with E-state index in [0.717, 1.165) is 37.7 Å². The van der Waals surface area contributed by atoms with Crippen LogP contribution in [0.1, 0.15) is 83.8 Å². The standard InChI is InChI=1S/C33H38O9/c1-27(2)31-13-12-29(9-5-4-6-10-29)32(23(36)22(31)35)19(30(31)17-39-21(34)15-20(30)41-27)7-11-28(3)24(18-8-14-38-16-18)40-26(37)25-33(28,32)42-25/h8,12-14,16,19-20,23-25,36H,4-7,9-11,15,17H2,1-3H3/t19?,20-,23+,24-,25+,28-,30-,31-,32-,33-/m0/s1. The normalized spacial score (nSPS) is 52.3. The molecule has 10 atom stereocenters. The van der Waals surface area contributed by atoms with Gasteiger partial charge in [-0.15, -0.1) is 0 Å². The number of ether oxygens (including phenoxy) is 4. The second kappa shape index (κ2) is 7.41. The number of ketones is 1. The maximum absolute atomic E-state index is 15.3. The number of carbonyl (C=O) groups excluding carboxylic acids is 3. The molecule has 9 aliphatic rings. The molecule has 4 saturated heterocycles. The molecule has 1 unspecified atom stereocenters. The Hall–Kier alpha value is -2.49. The fourth-order valence-corrected chi connectivity index (χ4v) is 12.6. The molecule has 7 fully saturated rings. The summed E-state index contributed by atoms with van der Waals surface area (Å²) in [5, 5.41) is 12.9. The highest BCUT2D eigenvalue weighted by Crippen LogP contribution is 2.87. The molecule has 1 aromatic heterocycles. The van der Waals surface area contributed by atoms with Crippen LogP contribution in [0.25, 0.3) is 0 Å². The fourth-order valence-electron chi connectivity index (χ4n) is 12.6. The van der Waals surface area contributed by atoms with Crippen LogP contribution >= 0.6 is 0 Å². The zero-order valence-corrected chi connectivity index (χ0v) is 24.4. The molecule has 0 radical (unpaired) electrons. The van der Waals surface area contributed by atoms with E-state index in [-0.39, 0.29) is 30.7 Å². The largest absolute Gasteiger partial charge is 0.472 e. The highest BCUT2D eigenvalue weighted by Gasteiger charge is 2.96. The molecular weight excluding hydrogens is 540 g/mol. The van der Waals surface area contributed by atoms with Gasteiger partial charge in [0.05, 0.1) is 41.5 Å². The molecule has 0 amide bonds. The van der Waals surface area contributed by atoms with Crippen LogP contribution in [0.2, 0.25) is 0 Å². The van der Waals surface area contributed by atoms with E-state index in [1.165, 1.54) is 0 Å². The number of hydrogen-bond acceptors (Lipinski definition) is 9.